The van der Waals surface area contributed by atoms with E-state index in [2.05, 4.69) is 4.74 Å². The first-order chi connectivity index (χ1) is 8.97. The fourth-order valence-corrected chi connectivity index (χ4v) is 2.20. The van der Waals surface area contributed by atoms with Crippen LogP contribution < -0.4 is 4.74 Å². The molecule has 0 saturated carbocycles. The third-order valence-corrected chi connectivity index (χ3v) is 3.28. The van der Waals surface area contributed by atoms with Crippen LogP contribution >= 0.6 is 34.8 Å². The van der Waals surface area contributed by atoms with Gasteiger partial charge in [0.05, 0.1) is 0 Å². The summed E-state index contributed by atoms with van der Waals surface area (Å²) in [5.41, 5.74) is 1.03. The summed E-state index contributed by atoms with van der Waals surface area (Å²) in [6, 6.07) is 9.06. The molecule has 2 rings (SSSR count). The van der Waals surface area contributed by atoms with Gasteiger partial charge in [0, 0.05) is 26.2 Å². The maximum Gasteiger partial charge on any atom is 0.387 e. The molecule has 0 amide bonds. The molecule has 0 aliphatic heterocycles. The van der Waals surface area contributed by atoms with E-state index in [0.29, 0.717) is 26.2 Å². The highest BCUT2D eigenvalue weighted by atomic mass is 35.5. The van der Waals surface area contributed by atoms with E-state index in [1.807, 2.05) is 0 Å². The first-order valence-electron chi connectivity index (χ1n) is 5.17. The van der Waals surface area contributed by atoms with E-state index in [0.717, 1.165) is 0 Å². The van der Waals surface area contributed by atoms with E-state index in [-0.39, 0.29) is 5.75 Å². The highest BCUT2D eigenvalue weighted by Gasteiger charge is 2.12. The quantitative estimate of drug-likeness (QED) is 0.681. The van der Waals surface area contributed by atoms with Crippen LogP contribution in [0.2, 0.25) is 15.1 Å². The Hall–Kier alpha value is -1.03. The Labute approximate surface area is 123 Å². The maximum atomic E-state index is 12.2. The summed E-state index contributed by atoms with van der Waals surface area (Å²) in [4.78, 5) is 0. The van der Waals surface area contributed by atoms with Gasteiger partial charge >= 0.3 is 6.61 Å². The van der Waals surface area contributed by atoms with Crippen molar-refractivity contribution in [1.82, 2.24) is 0 Å². The lowest BCUT2D eigenvalue weighted by Crippen LogP contribution is -2.01. The minimum Gasteiger partial charge on any atom is -0.435 e. The molecule has 2 aromatic rings. The summed E-state index contributed by atoms with van der Waals surface area (Å²) >= 11 is 18.0. The van der Waals surface area contributed by atoms with E-state index >= 15 is 0 Å². The number of benzene rings is 2. The van der Waals surface area contributed by atoms with Gasteiger partial charge in [0.25, 0.3) is 0 Å². The molecule has 0 aliphatic carbocycles. The topological polar surface area (TPSA) is 9.23 Å². The van der Waals surface area contributed by atoms with Crippen LogP contribution in [-0.4, -0.2) is 6.61 Å². The summed E-state index contributed by atoms with van der Waals surface area (Å²) in [6.07, 6.45) is 0. The Bertz CT molecular complexity index is 602. The Morgan fingerprint density at radius 2 is 1.42 bits per heavy atom. The number of rotatable bonds is 3. The SMILES string of the molecule is FC(F)Oc1ccc(Cl)c(-c2cc(Cl)ccc2Cl)c1. The predicted octanol–water partition coefficient (Wildman–Crippen LogP) is 5.92. The van der Waals surface area contributed by atoms with Crippen molar-refractivity contribution < 1.29 is 13.5 Å². The molecule has 0 atom stereocenters. The highest BCUT2D eigenvalue weighted by Crippen LogP contribution is 2.37. The van der Waals surface area contributed by atoms with E-state index in [9.17, 15) is 8.78 Å². The van der Waals surface area contributed by atoms with Gasteiger partial charge in [0.1, 0.15) is 5.75 Å². The van der Waals surface area contributed by atoms with E-state index in [1.54, 1.807) is 18.2 Å². The first-order valence-corrected chi connectivity index (χ1v) is 6.30. The van der Waals surface area contributed by atoms with Gasteiger partial charge in [-0.25, -0.2) is 0 Å². The Balaban J connectivity index is 2.51. The Morgan fingerprint density at radius 3 is 2.05 bits per heavy atom. The van der Waals surface area contributed by atoms with Crippen LogP contribution in [0, 0.1) is 0 Å². The molecule has 0 radical (unpaired) electrons. The number of halogens is 5. The van der Waals surface area contributed by atoms with Crippen LogP contribution in [0.3, 0.4) is 0 Å². The summed E-state index contributed by atoms with van der Waals surface area (Å²) < 4.78 is 28.7. The van der Waals surface area contributed by atoms with Crippen molar-refractivity contribution in [2.24, 2.45) is 0 Å². The fraction of sp³-hybridized carbons (Fsp3) is 0.0769. The summed E-state index contributed by atoms with van der Waals surface area (Å²) in [5.74, 6) is 0.00504. The van der Waals surface area contributed by atoms with Crippen molar-refractivity contribution in [2.75, 3.05) is 0 Å². The van der Waals surface area contributed by atoms with Crippen molar-refractivity contribution in [3.8, 4) is 16.9 Å². The van der Waals surface area contributed by atoms with E-state index in [1.165, 1.54) is 18.2 Å². The fourth-order valence-electron chi connectivity index (χ4n) is 1.59. The van der Waals surface area contributed by atoms with Crippen molar-refractivity contribution in [2.45, 2.75) is 6.61 Å². The molecular formula is C13H7Cl3F2O. The predicted molar refractivity (Wildman–Crippen MR) is 73.5 cm³/mol. The molecule has 0 spiro atoms. The summed E-state index contributed by atoms with van der Waals surface area (Å²) in [7, 11) is 0. The molecular weight excluding hydrogens is 316 g/mol. The zero-order valence-corrected chi connectivity index (χ0v) is 11.6. The van der Waals surface area contributed by atoms with Gasteiger partial charge in [-0.1, -0.05) is 34.8 Å². The van der Waals surface area contributed by atoms with E-state index < -0.39 is 6.61 Å². The molecule has 0 aromatic heterocycles. The molecule has 0 heterocycles. The van der Waals surface area contributed by atoms with Crippen LogP contribution in [-0.2, 0) is 0 Å². The minimum atomic E-state index is -2.90. The summed E-state index contributed by atoms with van der Waals surface area (Å²) in [5, 5.41) is 1.25. The van der Waals surface area contributed by atoms with Crippen LogP contribution in [0.5, 0.6) is 5.75 Å². The first kappa shape index (κ1) is 14.4. The highest BCUT2D eigenvalue weighted by molar-refractivity contribution is 6.37. The van der Waals surface area contributed by atoms with Gasteiger partial charge in [-0.3, -0.25) is 0 Å². The molecule has 0 aliphatic rings. The molecule has 0 bridgehead atoms. The van der Waals surface area contributed by atoms with Gasteiger partial charge in [0.15, 0.2) is 0 Å². The van der Waals surface area contributed by atoms with Gasteiger partial charge in [-0.15, -0.1) is 0 Å². The number of hydrogen-bond acceptors (Lipinski definition) is 1. The second kappa shape index (κ2) is 5.95. The van der Waals surface area contributed by atoms with Gasteiger partial charge < -0.3 is 4.74 Å². The molecule has 0 N–H and O–H groups in total. The largest absolute Gasteiger partial charge is 0.435 e. The second-order valence-corrected chi connectivity index (χ2v) is 4.90. The van der Waals surface area contributed by atoms with Crippen molar-refractivity contribution >= 4 is 34.8 Å². The number of ether oxygens (including phenoxy) is 1. The average molecular weight is 324 g/mol. The molecule has 6 heteroatoms. The lowest BCUT2D eigenvalue weighted by molar-refractivity contribution is -0.0498. The average Bonchev–Trinajstić information content (AvgIpc) is 2.34. The van der Waals surface area contributed by atoms with Crippen LogP contribution in [0.15, 0.2) is 36.4 Å². The van der Waals surface area contributed by atoms with Crippen LogP contribution in [0.4, 0.5) is 8.78 Å². The third-order valence-electron chi connectivity index (χ3n) is 2.38. The lowest BCUT2D eigenvalue weighted by Gasteiger charge is -2.10. The molecule has 2 aromatic carbocycles. The van der Waals surface area contributed by atoms with Gasteiger partial charge in [-0.2, -0.15) is 8.78 Å². The number of alkyl halides is 2. The molecule has 19 heavy (non-hydrogen) atoms. The van der Waals surface area contributed by atoms with Crippen LogP contribution in [0.25, 0.3) is 11.1 Å². The molecule has 0 fully saturated rings. The van der Waals surface area contributed by atoms with Gasteiger partial charge in [-0.05, 0) is 36.4 Å². The van der Waals surface area contributed by atoms with Gasteiger partial charge in [0.2, 0.25) is 0 Å². The normalized spacial score (nSPS) is 10.8. The second-order valence-electron chi connectivity index (χ2n) is 3.64. The number of hydrogen-bond donors (Lipinski definition) is 0. The van der Waals surface area contributed by atoms with Crippen molar-refractivity contribution in [3.63, 3.8) is 0 Å². The minimum absolute atomic E-state index is 0.00504. The molecule has 0 unspecified atom stereocenters. The molecule has 1 nitrogen and oxygen atoms in total. The monoisotopic (exact) mass is 322 g/mol. The molecule has 100 valence electrons. The van der Waals surface area contributed by atoms with E-state index in [4.69, 9.17) is 34.8 Å². The van der Waals surface area contributed by atoms with Crippen molar-refractivity contribution in [3.05, 3.63) is 51.5 Å². The maximum absolute atomic E-state index is 12.2. The Morgan fingerprint density at radius 1 is 0.842 bits per heavy atom. The zero-order valence-electron chi connectivity index (χ0n) is 9.34. The summed E-state index contributed by atoms with van der Waals surface area (Å²) in [6.45, 7) is -2.90. The lowest BCUT2D eigenvalue weighted by atomic mass is 10.1. The third kappa shape index (κ3) is 3.50. The Kier molecular flexibility index (Phi) is 4.50. The van der Waals surface area contributed by atoms with Crippen molar-refractivity contribution in [1.29, 1.82) is 0 Å². The standard InChI is InChI=1S/C13H7Cl3F2O/c14-7-1-3-11(15)9(5-7)10-6-8(19-13(17)18)2-4-12(10)16/h1-6,13H. The zero-order chi connectivity index (χ0) is 14.0. The van der Waals surface area contributed by atoms with Crippen LogP contribution in [0.1, 0.15) is 0 Å². The smallest absolute Gasteiger partial charge is 0.387 e. The molecule has 0 saturated heterocycles.